The number of rotatable bonds is 6. The van der Waals surface area contributed by atoms with Crippen molar-refractivity contribution >= 4 is 26.8 Å². The average Bonchev–Trinajstić information content (AvgIpc) is 3.66. The molecule has 2 aliphatic heterocycles. The number of sulfone groups is 1. The van der Waals surface area contributed by atoms with Crippen LogP contribution < -0.4 is 5.56 Å². The molecule has 6 rings (SSSR count). The number of benzene rings is 1. The third-order valence-electron chi connectivity index (χ3n) is 7.98. The van der Waals surface area contributed by atoms with Gasteiger partial charge < -0.3 is 10.0 Å². The molecule has 0 atom stereocenters. The first-order chi connectivity index (χ1) is 18.2. The number of likely N-dealkylation sites (tertiary alicyclic amines) is 1. The Hall–Kier alpha value is -3.09. The van der Waals surface area contributed by atoms with E-state index in [4.69, 9.17) is 0 Å². The van der Waals surface area contributed by atoms with Crippen LogP contribution >= 0.6 is 0 Å². The second-order valence-corrected chi connectivity index (χ2v) is 13.2. The van der Waals surface area contributed by atoms with E-state index < -0.39 is 15.4 Å². The molecule has 0 radical (unpaired) electrons. The summed E-state index contributed by atoms with van der Waals surface area (Å²) in [5, 5.41) is 15.9. The molecule has 2 saturated heterocycles. The van der Waals surface area contributed by atoms with E-state index in [1.54, 1.807) is 4.68 Å². The van der Waals surface area contributed by atoms with Crippen molar-refractivity contribution < 1.29 is 18.3 Å². The predicted molar refractivity (Wildman–Crippen MR) is 141 cm³/mol. The van der Waals surface area contributed by atoms with Gasteiger partial charge in [-0.25, -0.2) is 18.1 Å². The molecule has 11 nitrogen and oxygen atoms in total. The molecule has 202 valence electrons. The van der Waals surface area contributed by atoms with E-state index in [0.29, 0.717) is 56.6 Å². The highest BCUT2D eigenvalue weighted by Crippen LogP contribution is 2.33. The third kappa shape index (κ3) is 5.12. The van der Waals surface area contributed by atoms with Crippen molar-refractivity contribution in [3.63, 3.8) is 0 Å². The van der Waals surface area contributed by atoms with Gasteiger partial charge in [-0.2, -0.15) is 5.10 Å². The minimum atomic E-state index is -2.91. The molecule has 0 bridgehead atoms. The largest absolute Gasteiger partial charge is 0.388 e. The van der Waals surface area contributed by atoms with E-state index in [0.717, 1.165) is 24.1 Å². The number of hydrogen-bond acceptors (Lipinski definition) is 8. The minimum Gasteiger partial charge on any atom is -0.388 e. The van der Waals surface area contributed by atoms with Gasteiger partial charge in [-0.1, -0.05) is 12.1 Å². The Kier molecular flexibility index (Phi) is 6.36. The quantitative estimate of drug-likeness (QED) is 0.481. The van der Waals surface area contributed by atoms with Crippen LogP contribution in [0.2, 0.25) is 0 Å². The molecule has 1 amide bonds. The highest BCUT2D eigenvalue weighted by molar-refractivity contribution is 7.91. The van der Waals surface area contributed by atoms with Gasteiger partial charge in [0.05, 0.1) is 35.5 Å². The summed E-state index contributed by atoms with van der Waals surface area (Å²) in [6.07, 6.45) is 5.74. The van der Waals surface area contributed by atoms with E-state index in [9.17, 15) is 23.1 Å². The first-order valence-corrected chi connectivity index (χ1v) is 15.0. The highest BCUT2D eigenvalue weighted by Gasteiger charge is 2.39. The fourth-order valence-electron chi connectivity index (χ4n) is 5.37. The van der Waals surface area contributed by atoms with Crippen molar-refractivity contribution in [2.75, 3.05) is 37.7 Å². The maximum absolute atomic E-state index is 13.2. The number of carbonyl (C=O) groups excluding carboxylic acids is 1. The monoisotopic (exact) mass is 540 g/mol. The van der Waals surface area contributed by atoms with Gasteiger partial charge in [0.2, 0.25) is 5.91 Å². The van der Waals surface area contributed by atoms with Gasteiger partial charge in [0, 0.05) is 38.6 Å². The summed E-state index contributed by atoms with van der Waals surface area (Å²) in [6.45, 7) is 2.88. The lowest BCUT2D eigenvalue weighted by atomic mass is 9.91. The average molecular weight is 541 g/mol. The van der Waals surface area contributed by atoms with Crippen LogP contribution in [0.25, 0.3) is 16.7 Å². The van der Waals surface area contributed by atoms with Gasteiger partial charge in [0.25, 0.3) is 5.56 Å². The van der Waals surface area contributed by atoms with Crippen LogP contribution in [0, 0.1) is 5.92 Å². The summed E-state index contributed by atoms with van der Waals surface area (Å²) in [6, 6.07) is 7.77. The zero-order valence-corrected chi connectivity index (χ0v) is 22.0. The van der Waals surface area contributed by atoms with E-state index in [1.807, 2.05) is 29.2 Å². The minimum absolute atomic E-state index is 0.123. The van der Waals surface area contributed by atoms with E-state index in [1.165, 1.54) is 17.1 Å². The SMILES string of the molecule is O=C(C1CC1)N1CCC(O)(Cn2cnc3c(cnn3-c3ccc(CN4CCS(=O)(=O)CC4)cc3)c2=O)CC1. The Balaban J connectivity index is 1.14. The van der Waals surface area contributed by atoms with E-state index in [2.05, 4.69) is 15.0 Å². The molecular weight excluding hydrogens is 508 g/mol. The van der Waals surface area contributed by atoms with Crippen LogP contribution in [0.4, 0.5) is 0 Å². The smallest absolute Gasteiger partial charge is 0.264 e. The lowest BCUT2D eigenvalue weighted by Crippen LogP contribution is -2.50. The lowest BCUT2D eigenvalue weighted by Gasteiger charge is -2.38. The fourth-order valence-corrected chi connectivity index (χ4v) is 6.64. The molecule has 1 saturated carbocycles. The Morgan fingerprint density at radius 1 is 1.05 bits per heavy atom. The Labute approximate surface area is 220 Å². The molecular formula is C26H32N6O5S. The lowest BCUT2D eigenvalue weighted by molar-refractivity contribution is -0.137. The molecule has 0 spiro atoms. The van der Waals surface area contributed by atoms with Gasteiger partial charge in [-0.05, 0) is 43.4 Å². The number of piperidine rings is 1. The summed E-state index contributed by atoms with van der Waals surface area (Å²) in [7, 11) is -2.91. The molecule has 12 heteroatoms. The molecule has 0 unspecified atom stereocenters. The zero-order valence-electron chi connectivity index (χ0n) is 21.2. The number of carbonyl (C=O) groups is 1. The molecule has 2 aromatic heterocycles. The van der Waals surface area contributed by atoms with Crippen molar-refractivity contribution in [3.05, 3.63) is 52.7 Å². The second-order valence-electron chi connectivity index (χ2n) is 10.9. The summed E-state index contributed by atoms with van der Waals surface area (Å²) < 4.78 is 26.4. The molecule has 1 aromatic carbocycles. The first-order valence-electron chi connectivity index (χ1n) is 13.2. The van der Waals surface area contributed by atoms with Crippen molar-refractivity contribution in [3.8, 4) is 5.69 Å². The summed E-state index contributed by atoms with van der Waals surface area (Å²) in [5.41, 5.74) is 0.947. The fraction of sp³-hybridized carbons (Fsp3) is 0.538. The topological polar surface area (TPSA) is 131 Å². The van der Waals surface area contributed by atoms with Crippen LogP contribution in [-0.2, 0) is 27.7 Å². The summed E-state index contributed by atoms with van der Waals surface area (Å²) in [5.74, 6) is 0.751. The van der Waals surface area contributed by atoms with Gasteiger partial charge in [0.1, 0.15) is 11.7 Å². The molecule has 4 heterocycles. The van der Waals surface area contributed by atoms with Crippen LogP contribution in [0.5, 0.6) is 0 Å². The molecule has 3 aliphatic rings. The first kappa shape index (κ1) is 25.2. The second kappa shape index (κ2) is 9.58. The van der Waals surface area contributed by atoms with Crippen molar-refractivity contribution in [1.82, 2.24) is 29.1 Å². The number of nitrogens with zero attached hydrogens (tertiary/aromatic N) is 6. The maximum atomic E-state index is 13.2. The number of fused-ring (bicyclic) bond motifs is 1. The van der Waals surface area contributed by atoms with E-state index in [-0.39, 0.29) is 35.4 Å². The standard InChI is InChI=1S/C26H32N6O5S/c33-24(20-3-4-20)30-9-7-26(35,8-10-30)17-31-18-27-23-22(25(31)34)15-28-32(23)21-5-1-19(2-6-21)16-29-11-13-38(36,37)14-12-29/h1-2,5-6,15,18,20,35H,3-4,7-14,16-17H2. The van der Waals surface area contributed by atoms with Gasteiger partial charge >= 0.3 is 0 Å². The molecule has 3 fully saturated rings. The van der Waals surface area contributed by atoms with Crippen LogP contribution in [0.3, 0.4) is 0 Å². The number of aromatic nitrogens is 4. The van der Waals surface area contributed by atoms with Crippen molar-refractivity contribution in [2.45, 2.75) is 44.4 Å². The molecule has 1 aliphatic carbocycles. The van der Waals surface area contributed by atoms with Gasteiger partial charge in [-0.3, -0.25) is 19.1 Å². The van der Waals surface area contributed by atoms with Crippen LogP contribution in [0.15, 0.2) is 41.6 Å². The molecule has 38 heavy (non-hydrogen) atoms. The zero-order chi connectivity index (χ0) is 26.5. The van der Waals surface area contributed by atoms with Crippen molar-refractivity contribution in [1.29, 1.82) is 0 Å². The third-order valence-corrected chi connectivity index (χ3v) is 9.58. The van der Waals surface area contributed by atoms with Crippen LogP contribution in [0.1, 0.15) is 31.2 Å². The Morgan fingerprint density at radius 2 is 1.74 bits per heavy atom. The Bertz CT molecular complexity index is 1500. The number of amides is 1. The number of hydrogen-bond donors (Lipinski definition) is 1. The Morgan fingerprint density at radius 3 is 2.39 bits per heavy atom. The van der Waals surface area contributed by atoms with Crippen LogP contribution in [-0.4, -0.2) is 91.8 Å². The predicted octanol–water partition coefficient (Wildman–Crippen LogP) is 0.576. The van der Waals surface area contributed by atoms with E-state index >= 15 is 0 Å². The normalized spacial score (nSPS) is 21.6. The summed E-state index contributed by atoms with van der Waals surface area (Å²) >= 11 is 0. The van der Waals surface area contributed by atoms with Gasteiger partial charge in [-0.15, -0.1) is 0 Å². The highest BCUT2D eigenvalue weighted by atomic mass is 32.2. The number of aliphatic hydroxyl groups is 1. The summed E-state index contributed by atoms with van der Waals surface area (Å²) in [4.78, 5) is 34.0. The molecule has 1 N–H and O–H groups in total. The maximum Gasteiger partial charge on any atom is 0.264 e. The molecule has 3 aromatic rings. The van der Waals surface area contributed by atoms with Gasteiger partial charge in [0.15, 0.2) is 15.5 Å². The van der Waals surface area contributed by atoms with Crippen molar-refractivity contribution in [2.24, 2.45) is 5.92 Å².